The molecular weight excluding hydrogens is 167 g/mol. The number of halogens is 1. The highest BCUT2D eigenvalue weighted by Crippen LogP contribution is 2.31. The molecule has 0 aromatic rings. The Bertz CT molecular complexity index is 187. The Labute approximate surface area is 80.0 Å². The van der Waals surface area contributed by atoms with Gasteiger partial charge in [-0.2, -0.15) is 0 Å². The van der Waals surface area contributed by atoms with Crippen molar-refractivity contribution in [3.8, 4) is 0 Å². The van der Waals surface area contributed by atoms with Gasteiger partial charge in [0.1, 0.15) is 6.17 Å². The largest absolute Gasteiger partial charge is 0.380 e. The summed E-state index contributed by atoms with van der Waals surface area (Å²) >= 11 is 0. The van der Waals surface area contributed by atoms with Crippen LogP contribution in [0.25, 0.3) is 0 Å². The zero-order valence-electron chi connectivity index (χ0n) is 8.72. The van der Waals surface area contributed by atoms with E-state index in [9.17, 15) is 4.39 Å². The molecule has 0 aromatic carbocycles. The minimum atomic E-state index is -0.671. The Hall–Kier alpha value is -0.370. The van der Waals surface area contributed by atoms with Crippen LogP contribution in [0, 0.1) is 11.8 Å². The quantitative estimate of drug-likeness (QED) is 0.616. The summed E-state index contributed by atoms with van der Waals surface area (Å²) in [5.41, 5.74) is 1.12. The molecule has 2 unspecified atom stereocenters. The molecule has 1 rings (SSSR count). The highest BCUT2D eigenvalue weighted by atomic mass is 19.1. The Balaban J connectivity index is 2.52. The van der Waals surface area contributed by atoms with E-state index in [2.05, 4.69) is 19.9 Å². The van der Waals surface area contributed by atoms with Crippen molar-refractivity contribution in [2.24, 2.45) is 11.8 Å². The van der Waals surface area contributed by atoms with Crippen LogP contribution < -0.4 is 0 Å². The molecule has 2 heteroatoms. The first-order chi connectivity index (χ1) is 6.15. The third-order valence-electron chi connectivity index (χ3n) is 2.79. The van der Waals surface area contributed by atoms with Crippen molar-refractivity contribution in [2.45, 2.75) is 32.9 Å². The number of hydrogen-bond donors (Lipinski definition) is 0. The smallest absolute Gasteiger partial charge is 0.107 e. The fourth-order valence-electron chi connectivity index (χ4n) is 1.93. The van der Waals surface area contributed by atoms with Crippen molar-refractivity contribution in [1.82, 2.24) is 0 Å². The minimum Gasteiger partial charge on any atom is -0.380 e. The molecule has 1 nitrogen and oxygen atoms in total. The fraction of sp³-hybridized carbons (Fsp3) is 0.818. The van der Waals surface area contributed by atoms with Crippen LogP contribution >= 0.6 is 0 Å². The third-order valence-corrected chi connectivity index (χ3v) is 2.79. The molecule has 0 radical (unpaired) electrons. The predicted molar refractivity (Wildman–Crippen MR) is 52.4 cm³/mol. The van der Waals surface area contributed by atoms with Crippen molar-refractivity contribution in [1.29, 1.82) is 0 Å². The second-order valence-electron chi connectivity index (χ2n) is 4.16. The summed E-state index contributed by atoms with van der Waals surface area (Å²) in [6, 6.07) is 0. The van der Waals surface area contributed by atoms with Crippen molar-refractivity contribution in [3.05, 3.63) is 11.6 Å². The van der Waals surface area contributed by atoms with Gasteiger partial charge in [0.05, 0.1) is 6.61 Å². The molecule has 0 aliphatic heterocycles. The van der Waals surface area contributed by atoms with E-state index in [1.807, 2.05) is 0 Å². The SMILES string of the molecule is COCC1=CCC(C(C)C)C(F)C1. The molecule has 2 atom stereocenters. The standard InChI is InChI=1S/C11H19FO/c1-8(2)10-5-4-9(7-13-3)6-11(10)12/h4,8,10-11H,5-7H2,1-3H3. The first kappa shape index (κ1) is 10.7. The van der Waals surface area contributed by atoms with Gasteiger partial charge in [0.15, 0.2) is 0 Å². The third kappa shape index (κ3) is 2.80. The van der Waals surface area contributed by atoms with Gasteiger partial charge < -0.3 is 4.74 Å². The summed E-state index contributed by atoms with van der Waals surface area (Å²) in [6.45, 7) is 4.77. The average molecular weight is 186 g/mol. The fourth-order valence-corrected chi connectivity index (χ4v) is 1.93. The maximum atomic E-state index is 13.6. The summed E-state index contributed by atoms with van der Waals surface area (Å²) < 4.78 is 18.6. The predicted octanol–water partition coefficient (Wildman–Crippen LogP) is 2.96. The van der Waals surface area contributed by atoms with Crippen LogP contribution in [0.3, 0.4) is 0 Å². The van der Waals surface area contributed by atoms with Crippen LogP contribution in [-0.2, 0) is 4.74 Å². The lowest BCUT2D eigenvalue weighted by Crippen LogP contribution is -2.25. The summed E-state index contributed by atoms with van der Waals surface area (Å²) in [6.07, 6.45) is 2.91. The van der Waals surface area contributed by atoms with Crippen molar-refractivity contribution >= 4 is 0 Å². The minimum absolute atomic E-state index is 0.209. The lowest BCUT2D eigenvalue weighted by Gasteiger charge is -2.28. The molecule has 0 saturated carbocycles. The molecule has 0 fully saturated rings. The van der Waals surface area contributed by atoms with E-state index < -0.39 is 6.17 Å². The van der Waals surface area contributed by atoms with Crippen LogP contribution in [0.15, 0.2) is 11.6 Å². The van der Waals surface area contributed by atoms with Crippen molar-refractivity contribution in [2.75, 3.05) is 13.7 Å². The maximum Gasteiger partial charge on any atom is 0.107 e. The summed E-state index contributed by atoms with van der Waals surface area (Å²) in [5.74, 6) is 0.649. The van der Waals surface area contributed by atoms with Crippen LogP contribution in [0.5, 0.6) is 0 Å². The van der Waals surface area contributed by atoms with E-state index in [0.29, 0.717) is 18.9 Å². The van der Waals surface area contributed by atoms with Gasteiger partial charge in [-0.05, 0) is 23.8 Å². The topological polar surface area (TPSA) is 9.23 Å². The molecule has 13 heavy (non-hydrogen) atoms. The second-order valence-corrected chi connectivity index (χ2v) is 4.16. The van der Waals surface area contributed by atoms with Crippen LogP contribution in [0.4, 0.5) is 4.39 Å². The molecule has 0 heterocycles. The van der Waals surface area contributed by atoms with Gasteiger partial charge in [-0.3, -0.25) is 0 Å². The molecule has 0 aromatic heterocycles. The number of rotatable bonds is 3. The zero-order chi connectivity index (χ0) is 9.84. The van der Waals surface area contributed by atoms with Gasteiger partial charge in [0.25, 0.3) is 0 Å². The number of alkyl halides is 1. The van der Waals surface area contributed by atoms with Crippen molar-refractivity contribution < 1.29 is 9.13 Å². The first-order valence-corrected chi connectivity index (χ1v) is 4.96. The van der Waals surface area contributed by atoms with Gasteiger partial charge in [0.2, 0.25) is 0 Å². The highest BCUT2D eigenvalue weighted by Gasteiger charge is 2.27. The number of ether oxygens (including phenoxy) is 1. The monoisotopic (exact) mass is 186 g/mol. The van der Waals surface area contributed by atoms with Crippen LogP contribution in [0.2, 0.25) is 0 Å². The zero-order valence-corrected chi connectivity index (χ0v) is 8.72. The van der Waals surface area contributed by atoms with E-state index >= 15 is 0 Å². The van der Waals surface area contributed by atoms with Gasteiger partial charge in [-0.15, -0.1) is 0 Å². The van der Waals surface area contributed by atoms with E-state index in [0.717, 1.165) is 12.0 Å². The summed E-state index contributed by atoms with van der Waals surface area (Å²) in [7, 11) is 1.66. The molecular formula is C11H19FO. The first-order valence-electron chi connectivity index (χ1n) is 4.96. The maximum absolute atomic E-state index is 13.6. The van der Waals surface area contributed by atoms with E-state index in [-0.39, 0.29) is 5.92 Å². The van der Waals surface area contributed by atoms with Gasteiger partial charge in [-0.25, -0.2) is 4.39 Å². The van der Waals surface area contributed by atoms with E-state index in [1.165, 1.54) is 0 Å². The lowest BCUT2D eigenvalue weighted by atomic mass is 9.81. The summed E-state index contributed by atoms with van der Waals surface area (Å²) in [5, 5.41) is 0. The van der Waals surface area contributed by atoms with Crippen LogP contribution in [-0.4, -0.2) is 19.9 Å². The van der Waals surface area contributed by atoms with Crippen molar-refractivity contribution in [3.63, 3.8) is 0 Å². The lowest BCUT2D eigenvalue weighted by molar-refractivity contribution is 0.155. The number of hydrogen-bond acceptors (Lipinski definition) is 1. The molecule has 0 N–H and O–H groups in total. The Morgan fingerprint density at radius 3 is 2.77 bits per heavy atom. The summed E-state index contributed by atoms with van der Waals surface area (Å²) in [4.78, 5) is 0. The Morgan fingerprint density at radius 2 is 2.31 bits per heavy atom. The Morgan fingerprint density at radius 1 is 1.62 bits per heavy atom. The van der Waals surface area contributed by atoms with Gasteiger partial charge >= 0.3 is 0 Å². The molecule has 1 aliphatic rings. The van der Waals surface area contributed by atoms with Gasteiger partial charge in [0, 0.05) is 13.5 Å². The molecule has 1 aliphatic carbocycles. The molecule has 0 bridgehead atoms. The average Bonchev–Trinajstić information content (AvgIpc) is 2.04. The molecule has 0 saturated heterocycles. The molecule has 76 valence electrons. The highest BCUT2D eigenvalue weighted by molar-refractivity contribution is 5.10. The van der Waals surface area contributed by atoms with E-state index in [4.69, 9.17) is 4.74 Å². The normalized spacial score (nSPS) is 29.2. The van der Waals surface area contributed by atoms with Gasteiger partial charge in [-0.1, -0.05) is 19.9 Å². The number of allylic oxidation sites excluding steroid dienone is 1. The van der Waals surface area contributed by atoms with Crippen LogP contribution in [0.1, 0.15) is 26.7 Å². The molecule has 0 spiro atoms. The van der Waals surface area contributed by atoms with E-state index in [1.54, 1.807) is 7.11 Å². The Kier molecular flexibility index (Phi) is 3.91. The number of methoxy groups -OCH3 is 1. The molecule has 0 amide bonds. The second kappa shape index (κ2) is 4.75.